The number of pyridine rings is 3. The number of rotatable bonds is 10. The maximum absolute atomic E-state index is 11.8. The minimum absolute atomic E-state index is 0. The number of amides is 2. The van der Waals surface area contributed by atoms with Gasteiger partial charge in [0.05, 0.1) is 38.7 Å². The van der Waals surface area contributed by atoms with Crippen LogP contribution in [0.4, 0.5) is 0 Å². The third-order valence-corrected chi connectivity index (χ3v) is 8.45. The lowest BCUT2D eigenvalue weighted by Crippen LogP contribution is -3.00. The van der Waals surface area contributed by atoms with Crippen LogP contribution in [0.3, 0.4) is 0 Å². The summed E-state index contributed by atoms with van der Waals surface area (Å²) in [7, 11) is 0. The molecule has 0 radical (unpaired) electrons. The lowest BCUT2D eigenvalue weighted by Gasteiger charge is -2.06. The number of carbonyl (C=O) groups is 2. The second-order valence-electron chi connectivity index (χ2n) is 10.5. The van der Waals surface area contributed by atoms with E-state index in [1.165, 1.54) is 0 Å². The van der Waals surface area contributed by atoms with Gasteiger partial charge in [-0.15, -0.1) is 0 Å². The average Bonchev–Trinajstić information content (AvgIpc) is 3.21. The second kappa shape index (κ2) is 38.8. The van der Waals surface area contributed by atoms with Gasteiger partial charge in [0.25, 0.3) is 11.8 Å². The minimum atomic E-state index is -0.0890. The fraction of sp³-hybridized carbons (Fsp3) is 0.326. The number of nitrogens with zero attached hydrogens (tertiary/aromatic N) is 3. The molecule has 0 spiro atoms. The van der Waals surface area contributed by atoms with Crippen LogP contribution in [0.2, 0.25) is 15.1 Å². The van der Waals surface area contributed by atoms with Crippen LogP contribution in [0.5, 0.6) is 0 Å². The Hall–Kier alpha value is -2.36. The molecular weight excluding hydrogens is 1060 g/mol. The van der Waals surface area contributed by atoms with E-state index < -0.39 is 0 Å². The van der Waals surface area contributed by atoms with Gasteiger partial charge in [0, 0.05) is 71.0 Å². The van der Waals surface area contributed by atoms with E-state index in [9.17, 15) is 9.59 Å². The van der Waals surface area contributed by atoms with Gasteiger partial charge in [-0.2, -0.15) is 0 Å². The molecule has 0 saturated heterocycles. The summed E-state index contributed by atoms with van der Waals surface area (Å²) in [5, 5.41) is 7.65. The van der Waals surface area contributed by atoms with Crippen molar-refractivity contribution in [1.29, 1.82) is 0 Å². The molecule has 3 heterocycles. The van der Waals surface area contributed by atoms with Gasteiger partial charge >= 0.3 is 0 Å². The highest BCUT2D eigenvalue weighted by molar-refractivity contribution is 14.1. The van der Waals surface area contributed by atoms with Crippen molar-refractivity contribution in [3.63, 3.8) is 0 Å². The smallest absolute Gasteiger partial charge is 0.251 e. The van der Waals surface area contributed by atoms with E-state index in [4.69, 9.17) is 34.8 Å². The number of hydrogen-bond donors (Lipinski definition) is 3. The summed E-state index contributed by atoms with van der Waals surface area (Å²) in [6.07, 6.45) is 7.28. The van der Waals surface area contributed by atoms with Crippen molar-refractivity contribution < 1.29 is 27.7 Å². The zero-order chi connectivity index (χ0) is 41.6. The number of benzene rings is 2. The summed E-state index contributed by atoms with van der Waals surface area (Å²) in [4.78, 5) is 38.2. The molecule has 322 valence electrons. The lowest BCUT2D eigenvalue weighted by atomic mass is 10.2. The van der Waals surface area contributed by atoms with Crippen LogP contribution in [-0.2, 0) is 19.3 Å². The summed E-state index contributed by atoms with van der Waals surface area (Å²) in [6.45, 7) is 11.8. The summed E-state index contributed by atoms with van der Waals surface area (Å²) in [5.74, 6) is -0.169. The van der Waals surface area contributed by atoms with Gasteiger partial charge in [-0.3, -0.25) is 24.5 Å². The SMILES string of the molecule is C.C.CC.CC.CI.Cc1cnc(CCNC(=O)c2ccccc2)c(Cl)c1.O=C(NCCc1ncc(Br)cc1Cl)c1ccccc1.[Cl-].[NH3+]CCc1ncc(Br)cc1Cl. The van der Waals surface area contributed by atoms with Gasteiger partial charge in [0.2, 0.25) is 0 Å². The first-order valence-corrected chi connectivity index (χ1v) is 22.5. The maximum Gasteiger partial charge on any atom is 0.251 e. The molecule has 0 atom stereocenters. The summed E-state index contributed by atoms with van der Waals surface area (Å²) >= 11 is 26.8. The highest BCUT2D eigenvalue weighted by Crippen LogP contribution is 2.20. The van der Waals surface area contributed by atoms with Crippen LogP contribution in [0.1, 0.15) is 85.9 Å². The van der Waals surface area contributed by atoms with Crippen LogP contribution in [0.15, 0.2) is 106 Å². The van der Waals surface area contributed by atoms with E-state index >= 15 is 0 Å². The van der Waals surface area contributed by atoms with E-state index in [0.29, 0.717) is 52.1 Å². The quantitative estimate of drug-likeness (QED) is 0.0952. The number of hydrogen-bond acceptors (Lipinski definition) is 5. The molecule has 58 heavy (non-hydrogen) atoms. The standard InChI is InChI=1S/C15H15ClN2O.C14H12BrClN2O.C7H8BrClN2.2C2H6.CH3I.2CH4.ClH/c1-11-9-13(16)14(18-10-11)7-8-17-15(19)12-5-3-2-4-6-12;15-11-8-12(16)13(18-9-11)6-7-17-14(19)10-4-2-1-3-5-10;8-5-3-6(9)7(1-2-10)11-4-5;3*1-2;;;/h2-6,9-10H,7-8H2,1H3,(H,17,19);1-5,8-9H,6-7H2,(H,17,19);3-4H,1-2,10H2;2*1-2H3;1H3;2*1H4;1H. The number of aromatic nitrogens is 3. The van der Waals surface area contributed by atoms with Crippen LogP contribution >= 0.6 is 89.3 Å². The number of aryl methyl sites for hydroxylation is 1. The summed E-state index contributed by atoms with van der Waals surface area (Å²) < 4.78 is 1.75. The Morgan fingerprint density at radius 1 is 0.621 bits per heavy atom. The predicted molar refractivity (Wildman–Crippen MR) is 260 cm³/mol. The van der Waals surface area contributed by atoms with Gasteiger partial charge in [-0.25, -0.2) is 0 Å². The average molecular weight is 1120 g/mol. The number of carbonyl (C=O) groups excluding carboxylic acids is 2. The second-order valence-corrected chi connectivity index (χ2v) is 13.5. The molecule has 0 unspecified atom stereocenters. The van der Waals surface area contributed by atoms with Gasteiger partial charge in [-0.05, 0) is 91.7 Å². The zero-order valence-corrected chi connectivity index (χ0v) is 40.8. The molecule has 2 amide bonds. The van der Waals surface area contributed by atoms with Gasteiger partial charge in [0.1, 0.15) is 0 Å². The molecule has 5 N–H and O–H groups in total. The van der Waals surface area contributed by atoms with E-state index in [2.05, 4.69) is 85.8 Å². The van der Waals surface area contributed by atoms with Crippen molar-refractivity contribution in [2.24, 2.45) is 0 Å². The molecule has 5 rings (SSSR count). The number of alkyl halides is 1. The van der Waals surface area contributed by atoms with E-state index in [1.807, 2.05) is 88.1 Å². The Balaban J connectivity index is -0.000000355. The molecular formula is C43H59Br2Cl4IN6O2. The van der Waals surface area contributed by atoms with Crippen molar-refractivity contribution in [1.82, 2.24) is 25.6 Å². The highest BCUT2D eigenvalue weighted by atomic mass is 127. The number of halogens is 7. The monoisotopic (exact) mass is 1120 g/mol. The maximum atomic E-state index is 11.8. The van der Waals surface area contributed by atoms with Crippen LogP contribution < -0.4 is 28.8 Å². The molecule has 0 aliphatic rings. The fourth-order valence-electron chi connectivity index (χ4n) is 4.14. The van der Waals surface area contributed by atoms with Crippen molar-refractivity contribution in [3.05, 3.63) is 155 Å². The van der Waals surface area contributed by atoms with Crippen LogP contribution in [0.25, 0.3) is 0 Å². The molecule has 0 bridgehead atoms. The zero-order valence-electron chi connectivity index (χ0n) is 32.5. The third-order valence-electron chi connectivity index (χ3n) is 6.60. The molecule has 5 aromatic rings. The van der Waals surface area contributed by atoms with Gasteiger partial charge < -0.3 is 28.8 Å². The summed E-state index contributed by atoms with van der Waals surface area (Å²) in [6, 6.07) is 23.8. The van der Waals surface area contributed by atoms with Crippen molar-refractivity contribution in [3.8, 4) is 0 Å². The van der Waals surface area contributed by atoms with Crippen molar-refractivity contribution >= 4 is 101 Å². The van der Waals surface area contributed by atoms with Gasteiger partial charge in [-0.1, -0.05) is 136 Å². The molecule has 15 heteroatoms. The van der Waals surface area contributed by atoms with Crippen LogP contribution in [-0.4, -0.2) is 51.3 Å². The summed E-state index contributed by atoms with van der Waals surface area (Å²) in [5.41, 5.74) is 8.58. The normalized spacial score (nSPS) is 8.91. The molecule has 0 aliphatic carbocycles. The Morgan fingerprint density at radius 2 is 0.948 bits per heavy atom. The molecule has 2 aromatic carbocycles. The molecule has 0 saturated carbocycles. The first-order valence-electron chi connectivity index (χ1n) is 17.6. The highest BCUT2D eigenvalue weighted by Gasteiger charge is 2.08. The van der Waals surface area contributed by atoms with E-state index in [1.54, 1.807) is 48.9 Å². The Labute approximate surface area is 399 Å². The Kier molecular flexibility index (Phi) is 41.7. The Bertz CT molecular complexity index is 1710. The van der Waals surface area contributed by atoms with E-state index in [-0.39, 0.29) is 39.1 Å². The topological polar surface area (TPSA) is 125 Å². The van der Waals surface area contributed by atoms with Gasteiger partial charge in [0.15, 0.2) is 0 Å². The molecule has 0 fully saturated rings. The molecule has 0 aliphatic heterocycles. The lowest BCUT2D eigenvalue weighted by molar-refractivity contribution is -0.366. The van der Waals surface area contributed by atoms with Crippen molar-refractivity contribution in [2.45, 2.75) is 68.7 Å². The third kappa shape index (κ3) is 26.0. The van der Waals surface area contributed by atoms with E-state index in [0.717, 1.165) is 44.6 Å². The van der Waals surface area contributed by atoms with Crippen molar-refractivity contribution in [2.75, 3.05) is 24.6 Å². The largest absolute Gasteiger partial charge is 1.00 e. The predicted octanol–water partition coefficient (Wildman–Crippen LogP) is 9.15. The first kappa shape index (κ1) is 62.3. The number of nitrogens with one attached hydrogen (secondary N) is 2. The first-order chi connectivity index (χ1) is 26.6. The fourth-order valence-corrected chi connectivity index (χ4v) is 5.90. The minimum Gasteiger partial charge on any atom is -1.00 e. The molecule has 3 aromatic heterocycles. The Morgan fingerprint density at radius 3 is 1.28 bits per heavy atom. The molecule has 8 nitrogen and oxygen atoms in total. The van der Waals surface area contributed by atoms with Crippen LogP contribution in [0, 0.1) is 6.92 Å². The number of quaternary nitrogens is 1.